The first-order valence-electron chi connectivity index (χ1n) is 6.23. The van der Waals surface area contributed by atoms with E-state index in [-0.39, 0.29) is 6.04 Å². The van der Waals surface area contributed by atoms with E-state index in [1.165, 1.54) is 7.11 Å². The van der Waals surface area contributed by atoms with Crippen LogP contribution in [0.3, 0.4) is 0 Å². The summed E-state index contributed by atoms with van der Waals surface area (Å²) in [5.74, 6) is -0.433. The molecule has 1 unspecified atom stereocenters. The van der Waals surface area contributed by atoms with Crippen LogP contribution in [0, 0.1) is 0 Å². The number of carbonyl (C=O) groups excluding carboxylic acids is 1. The van der Waals surface area contributed by atoms with Crippen LogP contribution in [0.1, 0.15) is 41.5 Å². The highest BCUT2D eigenvalue weighted by Gasteiger charge is 2.28. The van der Waals surface area contributed by atoms with Gasteiger partial charge in [-0.05, 0) is 32.4 Å². The van der Waals surface area contributed by atoms with Gasteiger partial charge in [0.2, 0.25) is 0 Å². The van der Waals surface area contributed by atoms with Crippen molar-refractivity contribution in [1.29, 1.82) is 0 Å². The van der Waals surface area contributed by atoms with Crippen molar-refractivity contribution in [2.45, 2.75) is 31.8 Å². The van der Waals surface area contributed by atoms with Gasteiger partial charge in [-0.15, -0.1) is 5.10 Å². The Bertz CT molecular complexity index is 412. The van der Waals surface area contributed by atoms with Crippen molar-refractivity contribution in [3.8, 4) is 0 Å². The van der Waals surface area contributed by atoms with Crippen molar-refractivity contribution < 1.29 is 9.53 Å². The molecule has 3 N–H and O–H groups in total. The molecule has 1 atom stereocenters. The molecule has 1 aromatic rings. The van der Waals surface area contributed by atoms with Crippen LogP contribution in [0.25, 0.3) is 0 Å². The number of esters is 1. The van der Waals surface area contributed by atoms with Gasteiger partial charge in [0.1, 0.15) is 0 Å². The summed E-state index contributed by atoms with van der Waals surface area (Å²) in [5.41, 5.74) is 6.64. The number of nitrogens with two attached hydrogens (primary N) is 1. The molecule has 7 heteroatoms. The summed E-state index contributed by atoms with van der Waals surface area (Å²) in [5, 5.41) is 11.3. The van der Waals surface area contributed by atoms with Crippen LogP contribution in [-0.2, 0) is 11.3 Å². The minimum absolute atomic E-state index is 0.131. The molecule has 1 fully saturated rings. The monoisotopic (exact) mass is 253 g/mol. The van der Waals surface area contributed by atoms with E-state index in [0.29, 0.717) is 18.8 Å². The van der Waals surface area contributed by atoms with E-state index in [9.17, 15) is 4.79 Å². The van der Waals surface area contributed by atoms with Gasteiger partial charge in [0.15, 0.2) is 5.69 Å². The third kappa shape index (κ3) is 2.51. The number of aryl methyl sites for hydroxylation is 1. The van der Waals surface area contributed by atoms with Gasteiger partial charge in [-0.2, -0.15) is 0 Å². The molecule has 0 bridgehead atoms. The minimum Gasteiger partial charge on any atom is -0.464 e. The van der Waals surface area contributed by atoms with Crippen LogP contribution in [0.4, 0.5) is 0 Å². The Morgan fingerprint density at radius 2 is 2.50 bits per heavy atom. The van der Waals surface area contributed by atoms with Crippen molar-refractivity contribution in [2.24, 2.45) is 5.73 Å². The molecule has 18 heavy (non-hydrogen) atoms. The normalized spacial score (nSPS) is 19.1. The fourth-order valence-electron chi connectivity index (χ4n) is 2.23. The summed E-state index contributed by atoms with van der Waals surface area (Å²) < 4.78 is 6.51. The molecular formula is C11H19N5O2. The number of carbonyl (C=O) groups is 1. The van der Waals surface area contributed by atoms with Gasteiger partial charge in [0.25, 0.3) is 0 Å². The number of rotatable bonds is 5. The molecule has 7 nitrogen and oxygen atoms in total. The number of nitrogens with one attached hydrogen (secondary N) is 1. The minimum atomic E-state index is -0.433. The molecule has 0 amide bonds. The zero-order valence-corrected chi connectivity index (χ0v) is 10.6. The predicted molar refractivity (Wildman–Crippen MR) is 65.0 cm³/mol. The van der Waals surface area contributed by atoms with Crippen LogP contribution in [0.5, 0.6) is 0 Å². The quantitative estimate of drug-likeness (QED) is 0.708. The summed E-state index contributed by atoms with van der Waals surface area (Å²) >= 11 is 0. The highest BCUT2D eigenvalue weighted by atomic mass is 16.5. The molecule has 1 saturated heterocycles. The van der Waals surface area contributed by atoms with Gasteiger partial charge in [0.05, 0.1) is 18.8 Å². The zero-order valence-electron chi connectivity index (χ0n) is 10.6. The average molecular weight is 253 g/mol. The first-order chi connectivity index (χ1) is 8.77. The van der Waals surface area contributed by atoms with E-state index in [0.717, 1.165) is 31.5 Å². The van der Waals surface area contributed by atoms with Gasteiger partial charge in [0, 0.05) is 6.54 Å². The average Bonchev–Trinajstić information content (AvgIpc) is 3.03. The molecular weight excluding hydrogens is 234 g/mol. The molecule has 0 aliphatic carbocycles. The highest BCUT2D eigenvalue weighted by Crippen LogP contribution is 2.25. The highest BCUT2D eigenvalue weighted by molar-refractivity contribution is 5.88. The Morgan fingerprint density at radius 1 is 1.67 bits per heavy atom. The number of hydrogen-bond acceptors (Lipinski definition) is 6. The van der Waals surface area contributed by atoms with Crippen LogP contribution >= 0.6 is 0 Å². The molecule has 1 aliphatic heterocycles. The fraction of sp³-hybridized carbons (Fsp3) is 0.727. The molecule has 100 valence electrons. The van der Waals surface area contributed by atoms with E-state index in [1.54, 1.807) is 4.68 Å². The number of methoxy groups -OCH3 is 1. The maximum atomic E-state index is 11.7. The van der Waals surface area contributed by atoms with Crippen molar-refractivity contribution in [1.82, 2.24) is 20.3 Å². The molecule has 0 saturated carbocycles. The van der Waals surface area contributed by atoms with Crippen molar-refractivity contribution in [2.75, 3.05) is 20.2 Å². The summed E-state index contributed by atoms with van der Waals surface area (Å²) in [4.78, 5) is 11.7. The predicted octanol–water partition coefficient (Wildman–Crippen LogP) is -0.162. The lowest BCUT2D eigenvalue weighted by Gasteiger charge is -2.13. The topological polar surface area (TPSA) is 95.1 Å². The van der Waals surface area contributed by atoms with Gasteiger partial charge in [-0.3, -0.25) is 0 Å². The van der Waals surface area contributed by atoms with Crippen molar-refractivity contribution in [3.63, 3.8) is 0 Å². The fourth-order valence-corrected chi connectivity index (χ4v) is 2.23. The number of aromatic nitrogens is 3. The Balaban J connectivity index is 2.29. The second kappa shape index (κ2) is 5.92. The molecule has 0 aromatic carbocycles. The van der Waals surface area contributed by atoms with Crippen molar-refractivity contribution in [3.05, 3.63) is 11.4 Å². The smallest absolute Gasteiger partial charge is 0.360 e. The lowest BCUT2D eigenvalue weighted by Crippen LogP contribution is -2.21. The van der Waals surface area contributed by atoms with Gasteiger partial charge in [-0.25, -0.2) is 9.48 Å². The van der Waals surface area contributed by atoms with Gasteiger partial charge in [-0.1, -0.05) is 5.21 Å². The summed E-state index contributed by atoms with van der Waals surface area (Å²) in [6, 6.07) is 0.131. The first-order valence-corrected chi connectivity index (χ1v) is 6.23. The molecule has 1 aliphatic rings. The maximum absolute atomic E-state index is 11.7. The third-order valence-electron chi connectivity index (χ3n) is 3.12. The lowest BCUT2D eigenvalue weighted by molar-refractivity contribution is 0.0591. The number of ether oxygens (including phenoxy) is 1. The third-order valence-corrected chi connectivity index (χ3v) is 3.12. The van der Waals surface area contributed by atoms with Crippen LogP contribution < -0.4 is 11.1 Å². The second-order valence-electron chi connectivity index (χ2n) is 4.33. The standard InChI is InChI=1S/C11H19N5O2/c1-18-11(17)9-10(8-4-2-6-13-8)16(15-14-9)7-3-5-12/h8,13H,2-7,12H2,1H3. The van der Waals surface area contributed by atoms with Crippen LogP contribution in [0.15, 0.2) is 0 Å². The Kier molecular flexibility index (Phi) is 4.27. The van der Waals surface area contributed by atoms with E-state index in [1.807, 2.05) is 0 Å². The SMILES string of the molecule is COC(=O)c1nnn(CCCN)c1C1CCCN1. The number of nitrogens with zero attached hydrogens (tertiary/aromatic N) is 3. The first kappa shape index (κ1) is 13.0. The largest absolute Gasteiger partial charge is 0.464 e. The van der Waals surface area contributed by atoms with E-state index in [2.05, 4.69) is 15.6 Å². The molecule has 2 rings (SSSR count). The molecule has 1 aromatic heterocycles. The lowest BCUT2D eigenvalue weighted by atomic mass is 10.1. The van der Waals surface area contributed by atoms with Gasteiger partial charge >= 0.3 is 5.97 Å². The summed E-state index contributed by atoms with van der Waals surface area (Å²) in [6.07, 6.45) is 2.89. The van der Waals surface area contributed by atoms with E-state index >= 15 is 0 Å². The molecule has 0 spiro atoms. The van der Waals surface area contributed by atoms with E-state index < -0.39 is 5.97 Å². The molecule has 0 radical (unpaired) electrons. The van der Waals surface area contributed by atoms with Crippen LogP contribution in [0.2, 0.25) is 0 Å². The number of hydrogen-bond donors (Lipinski definition) is 2. The van der Waals surface area contributed by atoms with Gasteiger partial charge < -0.3 is 15.8 Å². The van der Waals surface area contributed by atoms with Crippen LogP contribution in [-0.4, -0.2) is 41.2 Å². The Morgan fingerprint density at radius 3 is 3.11 bits per heavy atom. The molecule has 2 heterocycles. The van der Waals surface area contributed by atoms with E-state index in [4.69, 9.17) is 10.5 Å². The Labute approximate surface area is 106 Å². The van der Waals surface area contributed by atoms with Crippen molar-refractivity contribution >= 4 is 5.97 Å². The maximum Gasteiger partial charge on any atom is 0.360 e. The summed E-state index contributed by atoms with van der Waals surface area (Å²) in [6.45, 7) is 2.21. The zero-order chi connectivity index (χ0) is 13.0. The second-order valence-corrected chi connectivity index (χ2v) is 4.33. The Hall–Kier alpha value is -1.47. The summed E-state index contributed by atoms with van der Waals surface area (Å²) in [7, 11) is 1.35.